The minimum absolute atomic E-state index is 0.174. The van der Waals surface area contributed by atoms with E-state index in [2.05, 4.69) is 0 Å². The summed E-state index contributed by atoms with van der Waals surface area (Å²) in [5.74, 6) is -0.328. The Balaban J connectivity index is 1.93. The van der Waals surface area contributed by atoms with Gasteiger partial charge in [-0.05, 0) is 28.8 Å². The van der Waals surface area contributed by atoms with Crippen LogP contribution in [0.3, 0.4) is 0 Å². The molecule has 0 N–H and O–H groups in total. The van der Waals surface area contributed by atoms with Crippen LogP contribution >= 0.6 is 0 Å². The summed E-state index contributed by atoms with van der Waals surface area (Å²) in [4.78, 5) is 0. The minimum atomic E-state index is -3.58. The number of halogens is 1. The Kier molecular flexibility index (Phi) is 5.32. The zero-order valence-electron chi connectivity index (χ0n) is 13.8. The molecule has 0 spiro atoms. The number of benzene rings is 2. The number of ether oxygens (including phenoxy) is 1. The minimum Gasteiger partial charge on any atom is -0.366 e. The van der Waals surface area contributed by atoms with E-state index in [4.69, 9.17) is 8.92 Å². The van der Waals surface area contributed by atoms with Gasteiger partial charge in [0.1, 0.15) is 18.0 Å². The van der Waals surface area contributed by atoms with E-state index < -0.39 is 16.2 Å². The Labute approximate surface area is 147 Å². The van der Waals surface area contributed by atoms with Crippen molar-refractivity contribution < 1.29 is 21.7 Å². The molecule has 0 unspecified atom stereocenters. The monoisotopic (exact) mass is 362 g/mol. The Morgan fingerprint density at radius 1 is 1.16 bits per heavy atom. The van der Waals surface area contributed by atoms with E-state index in [0.29, 0.717) is 12.0 Å². The molecule has 2 atom stereocenters. The molecule has 132 valence electrons. The average Bonchev–Trinajstić information content (AvgIpc) is 2.54. The molecule has 0 amide bonds. The van der Waals surface area contributed by atoms with Gasteiger partial charge >= 0.3 is 0 Å². The van der Waals surface area contributed by atoms with Gasteiger partial charge in [0.25, 0.3) is 10.1 Å². The predicted octanol–water partition coefficient (Wildman–Crippen LogP) is 3.72. The highest BCUT2D eigenvalue weighted by Crippen LogP contribution is 2.35. The van der Waals surface area contributed by atoms with Crippen LogP contribution in [0.15, 0.2) is 60.2 Å². The first-order valence-electron chi connectivity index (χ1n) is 7.91. The fourth-order valence-corrected chi connectivity index (χ4v) is 3.55. The molecule has 0 aromatic heterocycles. The van der Waals surface area contributed by atoms with E-state index in [1.54, 1.807) is 12.1 Å². The van der Waals surface area contributed by atoms with Gasteiger partial charge < -0.3 is 4.74 Å². The largest absolute Gasteiger partial charge is 0.366 e. The number of hydrogen-bond donors (Lipinski definition) is 0. The standard InChI is InChI=1S/C19H19FO4S/c1-25(21,22)24-18-12-16(10-14-6-5-9-17(20)11-14)19(23-13-18)15-7-3-2-4-8-15/h2-11,18-19H,12-13H2,1H3/b16-10-/t18-,19+/m0/s1. The summed E-state index contributed by atoms with van der Waals surface area (Å²) >= 11 is 0. The lowest BCUT2D eigenvalue weighted by Gasteiger charge is -2.31. The van der Waals surface area contributed by atoms with Crippen LogP contribution in [0.2, 0.25) is 0 Å². The fraction of sp³-hybridized carbons (Fsp3) is 0.263. The van der Waals surface area contributed by atoms with E-state index >= 15 is 0 Å². The topological polar surface area (TPSA) is 52.6 Å². The van der Waals surface area contributed by atoms with Crippen molar-refractivity contribution >= 4 is 16.2 Å². The van der Waals surface area contributed by atoms with Crippen molar-refractivity contribution in [1.82, 2.24) is 0 Å². The van der Waals surface area contributed by atoms with E-state index in [1.165, 1.54) is 12.1 Å². The third-order valence-corrected chi connectivity index (χ3v) is 4.48. The molecule has 4 nitrogen and oxygen atoms in total. The summed E-state index contributed by atoms with van der Waals surface area (Å²) < 4.78 is 47.3. The lowest BCUT2D eigenvalue weighted by Crippen LogP contribution is -2.31. The lowest BCUT2D eigenvalue weighted by molar-refractivity contribution is -0.0116. The Morgan fingerprint density at radius 2 is 1.92 bits per heavy atom. The van der Waals surface area contributed by atoms with Gasteiger partial charge in [-0.15, -0.1) is 0 Å². The van der Waals surface area contributed by atoms with Crippen molar-refractivity contribution in [2.75, 3.05) is 12.9 Å². The summed E-state index contributed by atoms with van der Waals surface area (Å²) in [6.45, 7) is 0.174. The van der Waals surface area contributed by atoms with Crippen molar-refractivity contribution in [2.45, 2.75) is 18.6 Å². The first-order chi connectivity index (χ1) is 11.9. The normalized spacial score (nSPS) is 22.9. The van der Waals surface area contributed by atoms with Gasteiger partial charge in [0, 0.05) is 6.42 Å². The molecule has 1 heterocycles. The van der Waals surface area contributed by atoms with Gasteiger partial charge in [0.15, 0.2) is 0 Å². The molecule has 2 aromatic rings. The molecule has 1 fully saturated rings. The third kappa shape index (κ3) is 4.98. The first kappa shape index (κ1) is 17.8. The van der Waals surface area contributed by atoms with Gasteiger partial charge in [-0.1, -0.05) is 48.5 Å². The van der Waals surface area contributed by atoms with Crippen molar-refractivity contribution in [1.29, 1.82) is 0 Å². The molecule has 1 aliphatic rings. The Morgan fingerprint density at radius 3 is 2.60 bits per heavy atom. The van der Waals surface area contributed by atoms with Gasteiger partial charge in [-0.25, -0.2) is 4.39 Å². The molecule has 0 bridgehead atoms. The summed E-state index contributed by atoms with van der Waals surface area (Å²) in [5.41, 5.74) is 2.50. The summed E-state index contributed by atoms with van der Waals surface area (Å²) in [6.07, 6.45) is 2.34. The second-order valence-corrected chi connectivity index (χ2v) is 7.63. The Bertz CT molecular complexity index is 862. The van der Waals surface area contributed by atoms with Crippen LogP contribution in [-0.4, -0.2) is 27.4 Å². The quantitative estimate of drug-likeness (QED) is 0.778. The smallest absolute Gasteiger partial charge is 0.264 e. The maximum Gasteiger partial charge on any atom is 0.264 e. The SMILES string of the molecule is CS(=O)(=O)O[C@@H]1CO[C@H](c2ccccc2)/C(=C\c2cccc(F)c2)C1. The molecule has 3 rings (SSSR count). The highest BCUT2D eigenvalue weighted by Gasteiger charge is 2.30. The number of hydrogen-bond acceptors (Lipinski definition) is 4. The zero-order valence-corrected chi connectivity index (χ0v) is 14.6. The van der Waals surface area contributed by atoms with Gasteiger partial charge in [0.05, 0.1) is 12.9 Å². The molecule has 6 heteroatoms. The van der Waals surface area contributed by atoms with Crippen LogP contribution in [0.25, 0.3) is 6.08 Å². The highest BCUT2D eigenvalue weighted by atomic mass is 32.2. The van der Waals surface area contributed by atoms with Crippen LogP contribution in [0.1, 0.15) is 23.7 Å². The van der Waals surface area contributed by atoms with E-state index in [9.17, 15) is 12.8 Å². The summed E-state index contributed by atoms with van der Waals surface area (Å²) in [6, 6.07) is 15.9. The van der Waals surface area contributed by atoms with Crippen LogP contribution in [0.5, 0.6) is 0 Å². The second-order valence-electron chi connectivity index (χ2n) is 6.02. The van der Waals surface area contributed by atoms with Gasteiger partial charge in [-0.3, -0.25) is 4.18 Å². The van der Waals surface area contributed by atoms with E-state index in [1.807, 2.05) is 36.4 Å². The molecule has 2 aromatic carbocycles. The molecule has 0 radical (unpaired) electrons. The maximum atomic E-state index is 13.5. The van der Waals surface area contributed by atoms with Crippen molar-refractivity contribution in [3.63, 3.8) is 0 Å². The maximum absolute atomic E-state index is 13.5. The molecule has 0 aliphatic carbocycles. The van der Waals surface area contributed by atoms with Gasteiger partial charge in [0.2, 0.25) is 0 Å². The fourth-order valence-electron chi connectivity index (χ4n) is 2.93. The van der Waals surface area contributed by atoms with Crippen LogP contribution in [-0.2, 0) is 19.0 Å². The summed E-state index contributed by atoms with van der Waals surface area (Å²) in [5, 5.41) is 0. The predicted molar refractivity (Wildman–Crippen MR) is 93.8 cm³/mol. The Hall–Kier alpha value is -2.02. The van der Waals surface area contributed by atoms with E-state index in [-0.39, 0.29) is 18.5 Å². The van der Waals surface area contributed by atoms with Gasteiger partial charge in [-0.2, -0.15) is 8.42 Å². The molecular formula is C19H19FO4S. The van der Waals surface area contributed by atoms with Crippen LogP contribution < -0.4 is 0 Å². The molecule has 1 saturated heterocycles. The molecule has 25 heavy (non-hydrogen) atoms. The molecule has 0 saturated carbocycles. The van der Waals surface area contributed by atoms with E-state index in [0.717, 1.165) is 17.4 Å². The van der Waals surface area contributed by atoms with Crippen molar-refractivity contribution in [3.05, 3.63) is 77.1 Å². The number of rotatable bonds is 4. The molecule has 1 aliphatic heterocycles. The van der Waals surface area contributed by atoms with Crippen LogP contribution in [0.4, 0.5) is 4.39 Å². The van der Waals surface area contributed by atoms with Crippen molar-refractivity contribution in [3.8, 4) is 0 Å². The third-order valence-electron chi connectivity index (χ3n) is 3.86. The van der Waals surface area contributed by atoms with Crippen LogP contribution in [0, 0.1) is 5.82 Å². The molecular weight excluding hydrogens is 343 g/mol. The average molecular weight is 362 g/mol. The van der Waals surface area contributed by atoms with Crippen molar-refractivity contribution in [2.24, 2.45) is 0 Å². The summed E-state index contributed by atoms with van der Waals surface area (Å²) in [7, 11) is -3.58. The zero-order chi connectivity index (χ0) is 17.9. The highest BCUT2D eigenvalue weighted by molar-refractivity contribution is 7.86. The lowest BCUT2D eigenvalue weighted by atomic mass is 9.92. The first-order valence-corrected chi connectivity index (χ1v) is 9.73. The second kappa shape index (κ2) is 7.47.